The second kappa shape index (κ2) is 5.22. The van der Waals surface area contributed by atoms with E-state index in [4.69, 9.17) is 0 Å². The zero-order valence-corrected chi connectivity index (χ0v) is 11.4. The number of hydrogen-bond donors (Lipinski definition) is 0. The van der Waals surface area contributed by atoms with Crippen LogP contribution in [-0.2, 0) is 16.6 Å². The van der Waals surface area contributed by atoms with E-state index in [1.165, 1.54) is 6.92 Å². The van der Waals surface area contributed by atoms with E-state index in [0.29, 0.717) is 0 Å². The maximum absolute atomic E-state index is 11.9. The van der Waals surface area contributed by atoms with Crippen molar-refractivity contribution in [2.45, 2.75) is 19.8 Å². The molecular weight excluding hydrogens is 242 g/mol. The monoisotopic (exact) mass is 259 g/mol. The molecule has 0 aliphatic carbocycles. The molecule has 1 aromatic carbocycles. The summed E-state index contributed by atoms with van der Waals surface area (Å²) in [6.07, 6.45) is 2.27. The fourth-order valence-corrected chi connectivity index (χ4v) is 1.93. The van der Waals surface area contributed by atoms with Gasteiger partial charge in [0.05, 0.1) is 17.4 Å². The lowest BCUT2D eigenvalue weighted by atomic mass is 10.2. The first-order valence-electron chi connectivity index (χ1n) is 6.16. The van der Waals surface area contributed by atoms with Gasteiger partial charge in [0.15, 0.2) is 0 Å². The molecule has 0 unspecified atom stereocenters. The maximum atomic E-state index is 11.9. The number of aromatic nitrogens is 2. The Labute approximate surface area is 111 Å². The number of carbonyl (C=O) groups is 2. The maximum Gasteiger partial charge on any atom is 0.227 e. The third-order valence-electron chi connectivity index (χ3n) is 3.16. The van der Waals surface area contributed by atoms with Gasteiger partial charge in [0.1, 0.15) is 5.78 Å². The van der Waals surface area contributed by atoms with E-state index in [2.05, 4.69) is 4.98 Å². The van der Waals surface area contributed by atoms with E-state index in [1.807, 2.05) is 29.8 Å². The number of benzene rings is 1. The molecule has 1 heterocycles. The van der Waals surface area contributed by atoms with Crippen LogP contribution in [0.1, 0.15) is 19.8 Å². The second-order valence-corrected chi connectivity index (χ2v) is 4.68. The lowest BCUT2D eigenvalue weighted by molar-refractivity contribution is -0.122. The van der Waals surface area contributed by atoms with Gasteiger partial charge in [0, 0.05) is 32.6 Å². The van der Waals surface area contributed by atoms with Crippen molar-refractivity contribution < 1.29 is 9.59 Å². The number of fused-ring (bicyclic) bond motifs is 1. The average molecular weight is 259 g/mol. The molecule has 0 saturated carbocycles. The van der Waals surface area contributed by atoms with Crippen molar-refractivity contribution >= 4 is 28.4 Å². The van der Waals surface area contributed by atoms with Crippen LogP contribution in [-0.4, -0.2) is 28.3 Å². The molecule has 1 aromatic heterocycles. The molecule has 100 valence electrons. The number of nitrogens with zero attached hydrogens (tertiary/aromatic N) is 3. The summed E-state index contributed by atoms with van der Waals surface area (Å²) in [6.45, 7) is 1.49. The molecule has 0 atom stereocenters. The summed E-state index contributed by atoms with van der Waals surface area (Å²) in [5.41, 5.74) is 2.67. The summed E-state index contributed by atoms with van der Waals surface area (Å²) in [6, 6.07) is 5.70. The van der Waals surface area contributed by atoms with Crippen LogP contribution >= 0.6 is 0 Å². The largest absolute Gasteiger partial charge is 0.334 e. The van der Waals surface area contributed by atoms with Gasteiger partial charge >= 0.3 is 0 Å². The van der Waals surface area contributed by atoms with Crippen molar-refractivity contribution in [3.8, 4) is 0 Å². The molecular formula is C14H17N3O2. The third-order valence-corrected chi connectivity index (χ3v) is 3.16. The van der Waals surface area contributed by atoms with Gasteiger partial charge in [-0.3, -0.25) is 4.79 Å². The summed E-state index contributed by atoms with van der Waals surface area (Å²) >= 11 is 0. The molecule has 5 heteroatoms. The highest BCUT2D eigenvalue weighted by atomic mass is 16.2. The van der Waals surface area contributed by atoms with Gasteiger partial charge in [-0.05, 0) is 25.1 Å². The molecule has 0 radical (unpaired) electrons. The Morgan fingerprint density at radius 3 is 2.74 bits per heavy atom. The van der Waals surface area contributed by atoms with E-state index in [0.717, 1.165) is 16.7 Å². The molecule has 0 bridgehead atoms. The van der Waals surface area contributed by atoms with E-state index >= 15 is 0 Å². The van der Waals surface area contributed by atoms with Crippen molar-refractivity contribution in [2.24, 2.45) is 7.05 Å². The highest BCUT2D eigenvalue weighted by Gasteiger charge is 2.12. The topological polar surface area (TPSA) is 55.2 Å². The van der Waals surface area contributed by atoms with Crippen molar-refractivity contribution in [3.63, 3.8) is 0 Å². The molecule has 2 rings (SSSR count). The Bertz CT molecular complexity index is 631. The van der Waals surface area contributed by atoms with Crippen molar-refractivity contribution in [2.75, 3.05) is 11.9 Å². The van der Waals surface area contributed by atoms with Gasteiger partial charge in [-0.2, -0.15) is 0 Å². The van der Waals surface area contributed by atoms with Crippen molar-refractivity contribution in [1.29, 1.82) is 0 Å². The molecule has 0 spiro atoms. The van der Waals surface area contributed by atoms with Gasteiger partial charge in [-0.15, -0.1) is 0 Å². The Morgan fingerprint density at radius 2 is 2.05 bits per heavy atom. The number of rotatable bonds is 4. The lowest BCUT2D eigenvalue weighted by Gasteiger charge is -2.17. The van der Waals surface area contributed by atoms with Gasteiger partial charge in [-0.1, -0.05) is 0 Å². The van der Waals surface area contributed by atoms with Crippen LogP contribution in [0.15, 0.2) is 24.5 Å². The minimum atomic E-state index is -0.0644. The SMILES string of the molecule is CC(=O)CCC(=O)N(C)c1ccc2c(c1)ncn2C. The normalized spacial score (nSPS) is 10.7. The van der Waals surface area contributed by atoms with Crippen LogP contribution in [0.3, 0.4) is 0 Å². The predicted octanol–water partition coefficient (Wildman–Crippen LogP) is 1.91. The van der Waals surface area contributed by atoms with E-state index in [1.54, 1.807) is 18.3 Å². The van der Waals surface area contributed by atoms with E-state index < -0.39 is 0 Å². The lowest BCUT2D eigenvalue weighted by Crippen LogP contribution is -2.26. The van der Waals surface area contributed by atoms with Crippen LogP contribution < -0.4 is 4.90 Å². The van der Waals surface area contributed by atoms with E-state index in [-0.39, 0.29) is 24.5 Å². The smallest absolute Gasteiger partial charge is 0.227 e. The number of hydrogen-bond acceptors (Lipinski definition) is 3. The highest BCUT2D eigenvalue weighted by molar-refractivity contribution is 5.96. The molecule has 2 aromatic rings. The van der Waals surface area contributed by atoms with E-state index in [9.17, 15) is 9.59 Å². The molecule has 0 N–H and O–H groups in total. The molecule has 1 amide bonds. The number of imidazole rings is 1. The zero-order valence-electron chi connectivity index (χ0n) is 11.4. The van der Waals surface area contributed by atoms with Crippen LogP contribution in [0.25, 0.3) is 11.0 Å². The average Bonchev–Trinajstić information content (AvgIpc) is 2.76. The molecule has 0 aliphatic rings. The summed E-state index contributed by atoms with van der Waals surface area (Å²) in [4.78, 5) is 28.7. The van der Waals surface area contributed by atoms with Crippen LogP contribution in [0.5, 0.6) is 0 Å². The molecule has 0 aliphatic heterocycles. The summed E-state index contributed by atoms with van der Waals surface area (Å²) in [5, 5.41) is 0. The Balaban J connectivity index is 2.18. The third kappa shape index (κ3) is 2.81. The second-order valence-electron chi connectivity index (χ2n) is 4.68. The summed E-state index contributed by atoms with van der Waals surface area (Å²) in [5.74, 6) is -0.0348. The Hall–Kier alpha value is -2.17. The zero-order chi connectivity index (χ0) is 14.0. The summed E-state index contributed by atoms with van der Waals surface area (Å²) < 4.78 is 1.93. The molecule has 0 saturated heterocycles. The van der Waals surface area contributed by atoms with Crippen LogP contribution in [0.2, 0.25) is 0 Å². The fourth-order valence-electron chi connectivity index (χ4n) is 1.93. The minimum absolute atomic E-state index is 0.0296. The number of carbonyl (C=O) groups excluding carboxylic acids is 2. The van der Waals surface area contributed by atoms with Crippen molar-refractivity contribution in [3.05, 3.63) is 24.5 Å². The van der Waals surface area contributed by atoms with Crippen LogP contribution in [0, 0.1) is 0 Å². The molecule has 19 heavy (non-hydrogen) atoms. The number of amides is 1. The highest BCUT2D eigenvalue weighted by Crippen LogP contribution is 2.20. The number of aryl methyl sites for hydroxylation is 1. The van der Waals surface area contributed by atoms with Gasteiger partial charge in [0.2, 0.25) is 5.91 Å². The standard InChI is InChI=1S/C14H17N3O2/c1-10(18)4-7-14(19)17(3)11-5-6-13-12(8-11)15-9-16(13)2/h5-6,8-9H,4,7H2,1-3H3. The first-order valence-corrected chi connectivity index (χ1v) is 6.16. The minimum Gasteiger partial charge on any atom is -0.334 e. The first kappa shape index (κ1) is 13.3. The molecule has 0 fully saturated rings. The number of anilines is 1. The van der Waals surface area contributed by atoms with Gasteiger partial charge in [0.25, 0.3) is 0 Å². The van der Waals surface area contributed by atoms with Crippen LogP contribution in [0.4, 0.5) is 5.69 Å². The predicted molar refractivity (Wildman–Crippen MR) is 74.0 cm³/mol. The van der Waals surface area contributed by atoms with Gasteiger partial charge < -0.3 is 14.3 Å². The first-order chi connectivity index (χ1) is 8.99. The Morgan fingerprint density at radius 1 is 1.32 bits per heavy atom. The number of Topliss-reactive ketones (excluding diaryl/α,β-unsaturated/α-hetero) is 1. The van der Waals surface area contributed by atoms with Gasteiger partial charge in [-0.25, -0.2) is 4.98 Å². The quantitative estimate of drug-likeness (QED) is 0.842. The fraction of sp³-hybridized carbons (Fsp3) is 0.357. The van der Waals surface area contributed by atoms with Crippen molar-refractivity contribution in [1.82, 2.24) is 9.55 Å². The molecule has 5 nitrogen and oxygen atoms in total. The Kier molecular flexibility index (Phi) is 3.64. The summed E-state index contributed by atoms with van der Waals surface area (Å²) in [7, 11) is 3.64. The number of ketones is 1.